The van der Waals surface area contributed by atoms with Gasteiger partial charge in [-0.05, 0) is 48.4 Å². The summed E-state index contributed by atoms with van der Waals surface area (Å²) in [6.07, 6.45) is 9.89. The van der Waals surface area contributed by atoms with Gasteiger partial charge in [0.15, 0.2) is 5.65 Å². The van der Waals surface area contributed by atoms with Gasteiger partial charge in [-0.1, -0.05) is 6.08 Å². The molecule has 39 heavy (non-hydrogen) atoms. The molecule has 1 aliphatic heterocycles. The molecule has 1 amide bonds. The number of carbonyl (C=O) groups is 1. The van der Waals surface area contributed by atoms with Crippen molar-refractivity contribution in [2.45, 2.75) is 12.8 Å². The second kappa shape index (κ2) is 9.92. The average molecular weight is 520 g/mol. The lowest BCUT2D eigenvalue weighted by Crippen LogP contribution is -2.47. The fraction of sp³-hybridized carbons (Fsp3) is 0.179. The van der Waals surface area contributed by atoms with Crippen molar-refractivity contribution in [3.8, 4) is 17.6 Å². The van der Waals surface area contributed by atoms with Crippen molar-refractivity contribution in [3.63, 3.8) is 0 Å². The van der Waals surface area contributed by atoms with Gasteiger partial charge in [0, 0.05) is 55.8 Å². The molecule has 1 saturated heterocycles. The molecule has 11 heteroatoms. The molecule has 4 aromatic heterocycles. The highest BCUT2D eigenvalue weighted by Crippen LogP contribution is 2.37. The van der Waals surface area contributed by atoms with E-state index in [4.69, 9.17) is 10.5 Å². The number of pyridine rings is 1. The van der Waals surface area contributed by atoms with E-state index in [0.717, 1.165) is 22.3 Å². The fourth-order valence-corrected chi connectivity index (χ4v) is 4.75. The van der Waals surface area contributed by atoms with Crippen molar-refractivity contribution >= 4 is 28.4 Å². The van der Waals surface area contributed by atoms with Crippen LogP contribution in [0.4, 0.5) is 11.4 Å². The minimum Gasteiger partial charge on any atom is -0.457 e. The summed E-state index contributed by atoms with van der Waals surface area (Å²) in [5.41, 5.74) is 10.8. The predicted octanol–water partition coefficient (Wildman–Crippen LogP) is 3.53. The van der Waals surface area contributed by atoms with E-state index >= 15 is 0 Å². The molecule has 6 rings (SSSR count). The van der Waals surface area contributed by atoms with E-state index in [9.17, 15) is 10.1 Å². The molecule has 1 fully saturated rings. The molecule has 0 aliphatic carbocycles. The van der Waals surface area contributed by atoms with Crippen LogP contribution in [0.3, 0.4) is 0 Å². The van der Waals surface area contributed by atoms with E-state index in [1.807, 2.05) is 49.5 Å². The Morgan fingerprint density at radius 3 is 2.85 bits per heavy atom. The van der Waals surface area contributed by atoms with Gasteiger partial charge in [-0.25, -0.2) is 14.0 Å². The quantitative estimate of drug-likeness (QED) is 0.311. The number of hydrogen-bond acceptors (Lipinski definition) is 8. The number of carbonyl (C=O) groups excluding carboxylic acids is 1. The predicted molar refractivity (Wildman–Crippen MR) is 145 cm³/mol. The number of nitriles is 1. The maximum Gasteiger partial charge on any atom is 0.246 e. The van der Waals surface area contributed by atoms with Gasteiger partial charge >= 0.3 is 0 Å². The summed E-state index contributed by atoms with van der Waals surface area (Å²) in [6, 6.07) is 13.7. The normalized spacial score (nSPS) is 13.6. The topological polar surface area (TPSA) is 139 Å². The van der Waals surface area contributed by atoms with Crippen LogP contribution in [-0.4, -0.2) is 54.7 Å². The Balaban J connectivity index is 1.26. The molecule has 0 spiro atoms. The second-order valence-corrected chi connectivity index (χ2v) is 9.32. The Kier molecular flexibility index (Phi) is 6.14. The summed E-state index contributed by atoms with van der Waals surface area (Å²) in [5, 5.41) is 21.8. The molecule has 0 atom stereocenters. The van der Waals surface area contributed by atoms with E-state index < -0.39 is 0 Å². The number of nitrogens with one attached hydrogen (secondary N) is 1. The number of benzene rings is 1. The van der Waals surface area contributed by atoms with Crippen LogP contribution >= 0.6 is 0 Å². The molecule has 5 aromatic rings. The Hall–Kier alpha value is -5.21. The molecular weight excluding hydrogens is 494 g/mol. The Morgan fingerprint density at radius 1 is 1.21 bits per heavy atom. The standard InChI is InChI=1S/C28H25N9O2/c1-18-11-21(4-5-24(18)39-22-6-9-36-25(12-22)31-17-33-36)34-27-19(13-30)14-32-37-10-7-23(28(27)37)20-15-35(16-20)26(38)3-2-8-29/h2-7,9-12,14,17,20,34H,8,15-16,29H2,1H3/b3-2+. The molecule has 1 aromatic carbocycles. The third-order valence-electron chi connectivity index (χ3n) is 6.79. The van der Waals surface area contributed by atoms with E-state index in [2.05, 4.69) is 26.6 Å². The molecule has 3 N–H and O–H groups in total. The van der Waals surface area contributed by atoms with Crippen LogP contribution in [0.5, 0.6) is 11.5 Å². The van der Waals surface area contributed by atoms with Gasteiger partial charge in [0.1, 0.15) is 23.9 Å². The minimum atomic E-state index is -0.0476. The smallest absolute Gasteiger partial charge is 0.246 e. The number of ether oxygens (including phenoxy) is 1. The zero-order chi connectivity index (χ0) is 26.9. The van der Waals surface area contributed by atoms with Crippen LogP contribution in [0.15, 0.2) is 73.5 Å². The van der Waals surface area contributed by atoms with E-state index in [1.165, 1.54) is 12.4 Å². The van der Waals surface area contributed by atoms with Crippen LogP contribution in [-0.2, 0) is 4.79 Å². The van der Waals surface area contributed by atoms with Gasteiger partial charge in [0.05, 0.1) is 23.0 Å². The molecular formula is C28H25N9O2. The highest BCUT2D eigenvalue weighted by molar-refractivity contribution is 5.89. The molecule has 0 saturated carbocycles. The number of nitrogens with two attached hydrogens (primary N) is 1. The molecule has 11 nitrogen and oxygen atoms in total. The van der Waals surface area contributed by atoms with Crippen molar-refractivity contribution in [1.82, 2.24) is 29.1 Å². The first-order valence-electron chi connectivity index (χ1n) is 12.4. The first-order chi connectivity index (χ1) is 19.0. The fourth-order valence-electron chi connectivity index (χ4n) is 4.75. The lowest BCUT2D eigenvalue weighted by molar-refractivity contribution is -0.130. The van der Waals surface area contributed by atoms with E-state index in [-0.39, 0.29) is 11.8 Å². The number of likely N-dealkylation sites (tertiary alicyclic amines) is 1. The number of aromatic nitrogens is 5. The lowest BCUT2D eigenvalue weighted by Gasteiger charge is -2.38. The third kappa shape index (κ3) is 4.54. The molecule has 5 heterocycles. The largest absolute Gasteiger partial charge is 0.457 e. The van der Waals surface area contributed by atoms with Gasteiger partial charge < -0.3 is 20.7 Å². The van der Waals surface area contributed by atoms with Crippen molar-refractivity contribution in [2.75, 3.05) is 25.0 Å². The van der Waals surface area contributed by atoms with Crippen LogP contribution in [0.25, 0.3) is 11.2 Å². The second-order valence-electron chi connectivity index (χ2n) is 9.32. The van der Waals surface area contributed by atoms with Crippen molar-refractivity contribution < 1.29 is 9.53 Å². The Bertz CT molecular complexity index is 1770. The summed E-state index contributed by atoms with van der Waals surface area (Å²) in [7, 11) is 0. The van der Waals surface area contributed by atoms with Crippen LogP contribution < -0.4 is 15.8 Å². The van der Waals surface area contributed by atoms with Gasteiger partial charge in [0.2, 0.25) is 5.91 Å². The zero-order valence-electron chi connectivity index (χ0n) is 21.2. The van der Waals surface area contributed by atoms with Crippen molar-refractivity contribution in [2.24, 2.45) is 5.73 Å². The highest BCUT2D eigenvalue weighted by Gasteiger charge is 2.33. The number of rotatable bonds is 7. The van der Waals surface area contributed by atoms with Gasteiger partial charge in [0.25, 0.3) is 0 Å². The summed E-state index contributed by atoms with van der Waals surface area (Å²) in [6.45, 7) is 3.48. The number of anilines is 2. The summed E-state index contributed by atoms with van der Waals surface area (Å²) < 4.78 is 9.54. The van der Waals surface area contributed by atoms with Gasteiger partial charge in [-0.2, -0.15) is 15.5 Å². The average Bonchev–Trinajstić information content (AvgIpc) is 3.55. The Labute approximate surface area is 223 Å². The van der Waals surface area contributed by atoms with Crippen molar-refractivity contribution in [1.29, 1.82) is 5.26 Å². The van der Waals surface area contributed by atoms with E-state index in [1.54, 1.807) is 32.4 Å². The van der Waals surface area contributed by atoms with Crippen LogP contribution in [0.2, 0.25) is 0 Å². The van der Waals surface area contributed by atoms with Crippen molar-refractivity contribution in [3.05, 3.63) is 90.2 Å². The van der Waals surface area contributed by atoms with Gasteiger partial charge in [-0.15, -0.1) is 0 Å². The first kappa shape index (κ1) is 24.1. The minimum absolute atomic E-state index is 0.0476. The molecule has 0 radical (unpaired) electrons. The molecule has 0 unspecified atom stereocenters. The first-order valence-corrected chi connectivity index (χ1v) is 12.4. The monoisotopic (exact) mass is 519 g/mol. The van der Waals surface area contributed by atoms with E-state index in [0.29, 0.717) is 48.0 Å². The molecule has 1 aliphatic rings. The number of fused-ring (bicyclic) bond motifs is 2. The maximum atomic E-state index is 12.3. The maximum absolute atomic E-state index is 12.3. The zero-order valence-corrected chi connectivity index (χ0v) is 21.2. The summed E-state index contributed by atoms with van der Waals surface area (Å²) in [5.74, 6) is 1.46. The molecule has 194 valence electrons. The number of amides is 1. The summed E-state index contributed by atoms with van der Waals surface area (Å²) >= 11 is 0. The van der Waals surface area contributed by atoms with Gasteiger partial charge in [-0.3, -0.25) is 4.79 Å². The number of nitrogens with zero attached hydrogens (tertiary/aromatic N) is 7. The summed E-state index contributed by atoms with van der Waals surface area (Å²) in [4.78, 5) is 18.3. The lowest BCUT2D eigenvalue weighted by atomic mass is 9.91. The SMILES string of the molecule is Cc1cc(Nc2c(C#N)cnn3ccc(C4CN(C(=O)/C=C/CN)C4)c23)ccc1Oc1ccn2ncnc2c1. The number of hydrogen-bond donors (Lipinski definition) is 2. The third-order valence-corrected chi connectivity index (χ3v) is 6.79. The van der Waals surface area contributed by atoms with Crippen LogP contribution in [0.1, 0.15) is 22.6 Å². The highest BCUT2D eigenvalue weighted by atomic mass is 16.5. The molecule has 0 bridgehead atoms. The number of aryl methyl sites for hydroxylation is 1. The Morgan fingerprint density at radius 2 is 2.05 bits per heavy atom. The van der Waals surface area contributed by atoms with Crippen LogP contribution in [0, 0.1) is 18.3 Å².